The molecular weight excluding hydrogens is 564 g/mol. The molecule has 3 aliphatic heterocycles. The fourth-order valence-electron chi connectivity index (χ4n) is 8.52. The lowest BCUT2D eigenvalue weighted by atomic mass is 9.89. The average molecular weight is 604 g/mol. The maximum absolute atomic E-state index is 17.0. The van der Waals surface area contributed by atoms with Crippen LogP contribution in [0.15, 0.2) is 18.5 Å². The number of alkyl halides is 1. The van der Waals surface area contributed by atoms with Crippen LogP contribution in [0.4, 0.5) is 14.6 Å². The molecule has 0 saturated carbocycles. The number of aromatic amines is 1. The molecule has 3 saturated heterocycles. The predicted octanol–water partition coefficient (Wildman–Crippen LogP) is 5.45. The van der Waals surface area contributed by atoms with Crippen LogP contribution in [-0.2, 0) is 6.42 Å². The quantitative estimate of drug-likeness (QED) is 0.300. The molecule has 2 N–H and O–H groups in total. The number of nitrogens with zero attached hydrogens (tertiary/aromatic N) is 6. The Bertz CT molecular complexity index is 1760. The number of aliphatic hydroxyl groups is 1. The first-order valence-corrected chi connectivity index (χ1v) is 16.1. The Labute approximate surface area is 255 Å². The number of benzene rings is 1. The number of ether oxygens (including phenoxy) is 1. The molecule has 3 aromatic heterocycles. The van der Waals surface area contributed by atoms with Gasteiger partial charge in [-0.3, -0.25) is 15.0 Å². The highest BCUT2D eigenvalue weighted by molar-refractivity contribution is 6.00. The number of hydrogen-bond acceptors (Lipinski definition) is 8. The van der Waals surface area contributed by atoms with Crippen LogP contribution in [0.1, 0.15) is 75.8 Å². The van der Waals surface area contributed by atoms with Crippen LogP contribution in [-0.4, -0.2) is 85.3 Å². The van der Waals surface area contributed by atoms with Crippen molar-refractivity contribution in [2.45, 2.75) is 88.4 Å². The van der Waals surface area contributed by atoms with Crippen molar-refractivity contribution in [1.29, 1.82) is 0 Å². The Kier molecular flexibility index (Phi) is 6.57. The summed E-state index contributed by atoms with van der Waals surface area (Å²) in [5.41, 5.74) is 3.08. The molecule has 232 valence electrons. The molecule has 11 heteroatoms. The van der Waals surface area contributed by atoms with Gasteiger partial charge in [-0.1, -0.05) is 6.92 Å². The van der Waals surface area contributed by atoms with Crippen LogP contribution < -0.4 is 9.64 Å². The van der Waals surface area contributed by atoms with E-state index in [1.54, 1.807) is 12.4 Å². The fourth-order valence-corrected chi connectivity index (χ4v) is 8.52. The Balaban J connectivity index is 1.28. The lowest BCUT2D eigenvalue weighted by molar-refractivity contribution is 0.0447. The molecule has 0 bridgehead atoms. The van der Waals surface area contributed by atoms with Gasteiger partial charge in [0.1, 0.15) is 29.8 Å². The second-order valence-corrected chi connectivity index (χ2v) is 13.7. The second-order valence-electron chi connectivity index (χ2n) is 13.7. The fraction of sp³-hybridized carbons (Fsp3) is 0.576. The molecule has 3 fully saturated rings. The second kappa shape index (κ2) is 10.3. The zero-order valence-corrected chi connectivity index (χ0v) is 25.4. The molecule has 0 unspecified atom stereocenters. The van der Waals surface area contributed by atoms with E-state index in [4.69, 9.17) is 14.7 Å². The van der Waals surface area contributed by atoms with Crippen molar-refractivity contribution in [3.05, 3.63) is 35.4 Å². The first kappa shape index (κ1) is 28.1. The summed E-state index contributed by atoms with van der Waals surface area (Å²) in [4.78, 5) is 18.4. The van der Waals surface area contributed by atoms with E-state index >= 15 is 4.39 Å². The normalized spacial score (nSPS) is 28.7. The number of halogens is 2. The number of β-amino-alcohol motifs (C(OH)–C–C–N with tert-alkyl or cyclic N) is 1. The molecule has 9 nitrogen and oxygen atoms in total. The van der Waals surface area contributed by atoms with Crippen molar-refractivity contribution in [2.24, 2.45) is 0 Å². The Hall–Kier alpha value is -3.44. The van der Waals surface area contributed by atoms with E-state index in [2.05, 4.69) is 33.1 Å². The van der Waals surface area contributed by atoms with Crippen molar-refractivity contribution >= 4 is 27.6 Å². The average Bonchev–Trinajstić information content (AvgIpc) is 3.78. The van der Waals surface area contributed by atoms with Crippen molar-refractivity contribution in [3.8, 4) is 17.3 Å². The van der Waals surface area contributed by atoms with Crippen LogP contribution in [0.3, 0.4) is 0 Å². The number of H-pyrrole nitrogens is 1. The van der Waals surface area contributed by atoms with Crippen LogP contribution in [0.5, 0.6) is 6.01 Å². The van der Waals surface area contributed by atoms with E-state index in [0.717, 1.165) is 67.1 Å². The van der Waals surface area contributed by atoms with Gasteiger partial charge >= 0.3 is 6.01 Å². The number of aromatic nitrogens is 5. The summed E-state index contributed by atoms with van der Waals surface area (Å²) < 4.78 is 37.8. The molecule has 1 aliphatic carbocycles. The molecule has 0 amide bonds. The van der Waals surface area contributed by atoms with Gasteiger partial charge in [0.15, 0.2) is 5.82 Å². The number of rotatable bonds is 6. The van der Waals surface area contributed by atoms with Gasteiger partial charge in [-0.05, 0) is 81.5 Å². The van der Waals surface area contributed by atoms with E-state index in [9.17, 15) is 9.50 Å². The number of pyridine rings is 1. The summed E-state index contributed by atoms with van der Waals surface area (Å²) >= 11 is 0. The molecule has 6 heterocycles. The summed E-state index contributed by atoms with van der Waals surface area (Å²) in [6.07, 6.45) is 9.16. The summed E-state index contributed by atoms with van der Waals surface area (Å²) in [6.45, 7) is 6.51. The molecule has 8 rings (SSSR count). The van der Waals surface area contributed by atoms with Crippen LogP contribution in [0.25, 0.3) is 33.1 Å². The minimum Gasteiger partial charge on any atom is -0.461 e. The maximum Gasteiger partial charge on any atom is 0.319 e. The van der Waals surface area contributed by atoms with Gasteiger partial charge < -0.3 is 14.7 Å². The third kappa shape index (κ3) is 4.45. The largest absolute Gasteiger partial charge is 0.461 e. The molecule has 4 atom stereocenters. The Morgan fingerprint density at radius 3 is 2.86 bits per heavy atom. The van der Waals surface area contributed by atoms with E-state index in [-0.39, 0.29) is 29.4 Å². The minimum atomic E-state index is -0.904. The number of anilines is 1. The summed E-state index contributed by atoms with van der Waals surface area (Å²) in [6, 6.07) is 2.21. The molecular formula is C33H39F2N7O2. The molecule has 0 spiro atoms. The van der Waals surface area contributed by atoms with Crippen LogP contribution >= 0.6 is 0 Å². The van der Waals surface area contributed by atoms with E-state index in [0.29, 0.717) is 49.6 Å². The maximum atomic E-state index is 17.0. The predicted molar refractivity (Wildman–Crippen MR) is 164 cm³/mol. The van der Waals surface area contributed by atoms with Gasteiger partial charge in [0.2, 0.25) is 0 Å². The lowest BCUT2D eigenvalue weighted by Crippen LogP contribution is -2.46. The van der Waals surface area contributed by atoms with Crippen molar-refractivity contribution in [1.82, 2.24) is 30.0 Å². The van der Waals surface area contributed by atoms with Crippen molar-refractivity contribution in [3.63, 3.8) is 0 Å². The molecule has 44 heavy (non-hydrogen) atoms. The third-order valence-electron chi connectivity index (χ3n) is 10.6. The van der Waals surface area contributed by atoms with Gasteiger partial charge in [0.25, 0.3) is 0 Å². The topological polar surface area (TPSA) is 103 Å². The smallest absolute Gasteiger partial charge is 0.319 e. The first-order valence-electron chi connectivity index (χ1n) is 16.1. The first-order chi connectivity index (χ1) is 21.2. The standard InChI is InChI=1S/C33H39F2N7O2/c1-3-19-6-7-20-12-24-22(15-37-40-24)26(25(19)20)29-27(35)28-23(14-36-29)30(41-10-4-8-32(2,43)17-41)39-31(38-28)44-18-33-9-5-11-42(33)16-21(34)13-33/h12,14-15,19,21,43H,3-11,13,16-18H2,1-2H3,(H,37,40)/t19-,21-,32-,33+/m1/s1. The van der Waals surface area contributed by atoms with Gasteiger partial charge in [-0.25, -0.2) is 8.78 Å². The van der Waals surface area contributed by atoms with Crippen LogP contribution in [0.2, 0.25) is 0 Å². The highest BCUT2D eigenvalue weighted by Gasteiger charge is 2.49. The Morgan fingerprint density at radius 2 is 2.02 bits per heavy atom. The SMILES string of the molecule is CC[C@@H]1CCc2cc3[nH]ncc3c(-c3ncc4c(N5CCC[C@@](C)(O)C5)nc(OC[C@@]56CCCN5C[C@H](F)C6)nc4c3F)c21. The van der Waals surface area contributed by atoms with Crippen molar-refractivity contribution < 1.29 is 18.6 Å². The van der Waals surface area contributed by atoms with Gasteiger partial charge in [-0.2, -0.15) is 15.1 Å². The number of piperidine rings is 1. The Morgan fingerprint density at radius 1 is 1.16 bits per heavy atom. The lowest BCUT2D eigenvalue weighted by Gasteiger charge is -2.38. The number of nitrogens with one attached hydrogen (secondary N) is 1. The monoisotopic (exact) mass is 603 g/mol. The van der Waals surface area contributed by atoms with Gasteiger partial charge in [0, 0.05) is 43.2 Å². The van der Waals surface area contributed by atoms with E-state index < -0.39 is 17.6 Å². The summed E-state index contributed by atoms with van der Waals surface area (Å²) in [5, 5.41) is 19.6. The summed E-state index contributed by atoms with van der Waals surface area (Å²) in [7, 11) is 0. The van der Waals surface area contributed by atoms with Crippen LogP contribution in [0, 0.1) is 5.82 Å². The summed E-state index contributed by atoms with van der Waals surface area (Å²) in [5.74, 6) is 0.283. The highest BCUT2D eigenvalue weighted by Crippen LogP contribution is 2.46. The molecule has 4 aromatic rings. The van der Waals surface area contributed by atoms with Crippen molar-refractivity contribution in [2.75, 3.05) is 37.7 Å². The zero-order chi connectivity index (χ0) is 30.2. The number of hydrogen-bond donors (Lipinski definition) is 2. The van der Waals surface area contributed by atoms with Gasteiger partial charge in [-0.15, -0.1) is 0 Å². The molecule has 1 aromatic carbocycles. The van der Waals surface area contributed by atoms with Gasteiger partial charge in [0.05, 0.1) is 28.2 Å². The molecule has 0 radical (unpaired) electrons. The zero-order valence-electron chi connectivity index (χ0n) is 25.4. The van der Waals surface area contributed by atoms with E-state index in [1.165, 1.54) is 5.56 Å². The third-order valence-corrected chi connectivity index (χ3v) is 10.6. The number of aryl methyl sites for hydroxylation is 1. The number of fused-ring (bicyclic) bond motifs is 4. The minimum absolute atomic E-state index is 0.0653. The van der Waals surface area contributed by atoms with E-state index in [1.807, 2.05) is 11.8 Å². The molecule has 4 aliphatic rings. The highest BCUT2D eigenvalue weighted by atomic mass is 19.1.